The highest BCUT2D eigenvalue weighted by atomic mass is 35.5. The SMILES string of the molecule is CC(C(=O)NC1CCCC1)n1nc(C(F)(F)F)c(Cl)c1C1CC1. The molecule has 1 unspecified atom stereocenters. The van der Waals surface area contributed by atoms with Crippen molar-refractivity contribution >= 4 is 17.5 Å². The number of amides is 1. The van der Waals surface area contributed by atoms with Crippen LogP contribution in [0.25, 0.3) is 0 Å². The van der Waals surface area contributed by atoms with Crippen molar-refractivity contribution in [2.45, 2.75) is 69.6 Å². The molecule has 1 amide bonds. The zero-order valence-corrected chi connectivity index (χ0v) is 13.5. The van der Waals surface area contributed by atoms with Crippen LogP contribution in [0.3, 0.4) is 0 Å². The third-order valence-electron chi connectivity index (χ3n) is 4.57. The molecule has 2 aliphatic rings. The van der Waals surface area contributed by atoms with Crippen molar-refractivity contribution in [2.24, 2.45) is 0 Å². The largest absolute Gasteiger partial charge is 0.436 e. The van der Waals surface area contributed by atoms with E-state index in [2.05, 4.69) is 10.4 Å². The van der Waals surface area contributed by atoms with Gasteiger partial charge in [-0.2, -0.15) is 18.3 Å². The number of aromatic nitrogens is 2. The maximum Gasteiger partial charge on any atom is 0.436 e. The van der Waals surface area contributed by atoms with Crippen LogP contribution in [-0.4, -0.2) is 21.7 Å². The third-order valence-corrected chi connectivity index (χ3v) is 4.94. The molecule has 1 heterocycles. The van der Waals surface area contributed by atoms with Gasteiger partial charge in [0.05, 0.1) is 10.7 Å². The van der Waals surface area contributed by atoms with E-state index in [-0.39, 0.29) is 22.9 Å². The lowest BCUT2D eigenvalue weighted by Gasteiger charge is -2.19. The summed E-state index contributed by atoms with van der Waals surface area (Å²) in [7, 11) is 0. The van der Waals surface area contributed by atoms with E-state index in [1.54, 1.807) is 6.92 Å². The maximum absolute atomic E-state index is 13.1. The van der Waals surface area contributed by atoms with Gasteiger partial charge < -0.3 is 5.32 Å². The molecule has 3 rings (SSSR count). The fraction of sp³-hybridized carbons (Fsp3) is 0.733. The minimum Gasteiger partial charge on any atom is -0.352 e. The van der Waals surface area contributed by atoms with Crippen molar-refractivity contribution in [3.05, 3.63) is 16.4 Å². The zero-order chi connectivity index (χ0) is 16.8. The van der Waals surface area contributed by atoms with Gasteiger partial charge in [0.15, 0.2) is 5.69 Å². The molecule has 0 aliphatic heterocycles. The highest BCUT2D eigenvalue weighted by Crippen LogP contribution is 2.47. The van der Waals surface area contributed by atoms with Gasteiger partial charge in [-0.1, -0.05) is 24.4 Å². The Morgan fingerprint density at radius 1 is 1.30 bits per heavy atom. The standard InChI is InChI=1S/C15H19ClF3N3O/c1-8(14(23)20-10-4-2-3-5-10)22-12(9-6-7-9)11(16)13(21-22)15(17,18)19/h8-10H,2-7H2,1H3,(H,20,23). The topological polar surface area (TPSA) is 46.9 Å². The van der Waals surface area contributed by atoms with Crippen LogP contribution in [0.4, 0.5) is 13.2 Å². The third kappa shape index (κ3) is 3.34. The molecule has 128 valence electrons. The van der Waals surface area contributed by atoms with E-state index in [0.29, 0.717) is 5.69 Å². The van der Waals surface area contributed by atoms with Crippen molar-refractivity contribution in [3.8, 4) is 0 Å². The summed E-state index contributed by atoms with van der Waals surface area (Å²) in [4.78, 5) is 12.4. The number of rotatable bonds is 4. The molecule has 0 radical (unpaired) electrons. The molecule has 1 aromatic heterocycles. The molecule has 0 saturated heterocycles. The Hall–Kier alpha value is -1.24. The minimum absolute atomic E-state index is 0.0344. The first-order valence-corrected chi connectivity index (χ1v) is 8.32. The molecular weight excluding hydrogens is 331 g/mol. The first-order chi connectivity index (χ1) is 10.8. The average molecular weight is 350 g/mol. The highest BCUT2D eigenvalue weighted by Gasteiger charge is 2.43. The molecule has 8 heteroatoms. The minimum atomic E-state index is -4.62. The van der Waals surface area contributed by atoms with Gasteiger partial charge in [-0.25, -0.2) is 0 Å². The van der Waals surface area contributed by atoms with Gasteiger partial charge in [0.1, 0.15) is 6.04 Å². The van der Waals surface area contributed by atoms with E-state index in [1.807, 2.05) is 0 Å². The fourth-order valence-corrected chi connectivity index (χ4v) is 3.52. The summed E-state index contributed by atoms with van der Waals surface area (Å²) in [6.45, 7) is 1.57. The van der Waals surface area contributed by atoms with Crippen LogP contribution in [0.5, 0.6) is 0 Å². The van der Waals surface area contributed by atoms with Gasteiger partial charge in [-0.15, -0.1) is 0 Å². The van der Waals surface area contributed by atoms with Crippen LogP contribution in [0.15, 0.2) is 0 Å². The van der Waals surface area contributed by atoms with Crippen LogP contribution in [0.2, 0.25) is 5.02 Å². The van der Waals surface area contributed by atoms with Crippen molar-refractivity contribution in [2.75, 3.05) is 0 Å². The zero-order valence-electron chi connectivity index (χ0n) is 12.8. The van der Waals surface area contributed by atoms with Gasteiger partial charge in [-0.3, -0.25) is 9.48 Å². The average Bonchev–Trinajstić information content (AvgIpc) is 3.04. The van der Waals surface area contributed by atoms with Gasteiger partial charge in [0.25, 0.3) is 0 Å². The predicted octanol–water partition coefficient (Wildman–Crippen LogP) is 4.05. The fourth-order valence-electron chi connectivity index (χ4n) is 3.13. The van der Waals surface area contributed by atoms with Gasteiger partial charge in [0, 0.05) is 12.0 Å². The second-order valence-electron chi connectivity index (χ2n) is 6.43. The van der Waals surface area contributed by atoms with Crippen LogP contribution < -0.4 is 5.32 Å². The Morgan fingerprint density at radius 2 is 1.91 bits per heavy atom. The van der Waals surface area contributed by atoms with Crippen molar-refractivity contribution in [3.63, 3.8) is 0 Å². The summed E-state index contributed by atoms with van der Waals surface area (Å²) in [6.07, 6.45) is 0.910. The molecular formula is C15H19ClF3N3O. The number of hydrogen-bond donors (Lipinski definition) is 1. The van der Waals surface area contributed by atoms with E-state index in [4.69, 9.17) is 11.6 Å². The van der Waals surface area contributed by atoms with Crippen molar-refractivity contribution < 1.29 is 18.0 Å². The molecule has 0 bridgehead atoms. The van der Waals surface area contributed by atoms with Crippen LogP contribution >= 0.6 is 11.6 Å². The number of nitrogens with one attached hydrogen (secondary N) is 1. The molecule has 1 N–H and O–H groups in total. The van der Waals surface area contributed by atoms with Gasteiger partial charge in [-0.05, 0) is 32.6 Å². The van der Waals surface area contributed by atoms with Gasteiger partial charge >= 0.3 is 6.18 Å². The molecule has 2 aliphatic carbocycles. The summed E-state index contributed by atoms with van der Waals surface area (Å²) in [5.74, 6) is -0.334. The summed E-state index contributed by atoms with van der Waals surface area (Å²) in [6, 6.07) is -0.692. The second-order valence-corrected chi connectivity index (χ2v) is 6.81. The normalized spacial score (nSPS) is 20.7. The van der Waals surface area contributed by atoms with Crippen LogP contribution in [0, 0.1) is 0 Å². The predicted molar refractivity (Wildman–Crippen MR) is 79.3 cm³/mol. The summed E-state index contributed by atoms with van der Waals surface area (Å²) < 4.78 is 40.3. The Morgan fingerprint density at radius 3 is 2.43 bits per heavy atom. The quantitative estimate of drug-likeness (QED) is 0.891. The Balaban J connectivity index is 1.86. The molecule has 23 heavy (non-hydrogen) atoms. The number of carbonyl (C=O) groups is 1. The Bertz CT molecular complexity index is 604. The molecule has 4 nitrogen and oxygen atoms in total. The van der Waals surface area contributed by atoms with Gasteiger partial charge in [0.2, 0.25) is 5.91 Å². The Labute approximate surface area is 137 Å². The summed E-state index contributed by atoms with van der Waals surface area (Å²) >= 11 is 5.93. The monoisotopic (exact) mass is 349 g/mol. The highest BCUT2D eigenvalue weighted by molar-refractivity contribution is 6.32. The first kappa shape index (κ1) is 16.6. The first-order valence-electron chi connectivity index (χ1n) is 7.94. The molecule has 2 saturated carbocycles. The van der Waals surface area contributed by atoms with Crippen LogP contribution in [0.1, 0.15) is 68.8 Å². The molecule has 1 atom stereocenters. The molecule has 1 aromatic rings. The lowest BCUT2D eigenvalue weighted by atomic mass is 10.2. The second kappa shape index (κ2) is 6.00. The number of halogens is 4. The number of nitrogens with zero attached hydrogens (tertiary/aromatic N) is 2. The number of alkyl halides is 3. The van der Waals surface area contributed by atoms with E-state index >= 15 is 0 Å². The van der Waals surface area contributed by atoms with E-state index in [9.17, 15) is 18.0 Å². The lowest BCUT2D eigenvalue weighted by Crippen LogP contribution is -2.38. The molecule has 0 aromatic carbocycles. The lowest BCUT2D eigenvalue weighted by molar-refractivity contribution is -0.141. The van der Waals surface area contributed by atoms with Crippen molar-refractivity contribution in [1.29, 1.82) is 0 Å². The molecule has 2 fully saturated rings. The number of carbonyl (C=O) groups excluding carboxylic acids is 1. The van der Waals surface area contributed by atoms with E-state index in [1.165, 1.54) is 4.68 Å². The van der Waals surface area contributed by atoms with E-state index < -0.39 is 17.9 Å². The van der Waals surface area contributed by atoms with E-state index in [0.717, 1.165) is 38.5 Å². The summed E-state index contributed by atoms with van der Waals surface area (Å²) in [5, 5.41) is 6.18. The number of hydrogen-bond acceptors (Lipinski definition) is 2. The smallest absolute Gasteiger partial charge is 0.352 e. The Kier molecular flexibility index (Phi) is 4.33. The maximum atomic E-state index is 13.1. The van der Waals surface area contributed by atoms with Crippen LogP contribution in [-0.2, 0) is 11.0 Å². The van der Waals surface area contributed by atoms with Crippen molar-refractivity contribution in [1.82, 2.24) is 15.1 Å². The molecule has 0 spiro atoms. The summed E-state index contributed by atoms with van der Waals surface area (Å²) in [5.41, 5.74) is -0.755.